The molecule has 1 aliphatic heterocycles. The Morgan fingerprint density at radius 1 is 0.857 bits per heavy atom. The second-order valence-corrected chi connectivity index (χ2v) is 7.83. The topological polar surface area (TPSA) is 189 Å². The number of hydrogen-bond donors (Lipinski definition) is 6. The molecule has 0 radical (unpaired) electrons. The fourth-order valence-electron chi connectivity index (χ4n) is 3.81. The molecule has 12 heteroatoms. The van der Waals surface area contributed by atoms with Crippen LogP contribution in [-0.4, -0.2) is 82.2 Å². The van der Waals surface area contributed by atoms with Crippen molar-refractivity contribution in [3.63, 3.8) is 0 Å². The van der Waals surface area contributed by atoms with Crippen LogP contribution in [0.2, 0.25) is 0 Å². The Morgan fingerprint density at radius 2 is 1.51 bits per heavy atom. The Hall–Kier alpha value is -3.55. The molecule has 0 spiro atoms. The molecule has 0 amide bonds. The second kappa shape index (κ2) is 9.60. The molecule has 5 atom stereocenters. The summed E-state index contributed by atoms with van der Waals surface area (Å²) in [4.78, 5) is 13.3. The zero-order valence-corrected chi connectivity index (χ0v) is 18.6. The zero-order chi connectivity index (χ0) is 25.4. The highest BCUT2D eigenvalue weighted by molar-refractivity contribution is 5.86. The first-order valence-electron chi connectivity index (χ1n) is 10.4. The van der Waals surface area contributed by atoms with Gasteiger partial charge in [-0.3, -0.25) is 4.79 Å². The number of phenols is 2. The molecule has 188 valence electrons. The Bertz CT molecular complexity index is 1280. The quantitative estimate of drug-likeness (QED) is 0.272. The number of hydrogen-bond acceptors (Lipinski definition) is 12. The monoisotopic (exact) mass is 492 g/mol. The second-order valence-electron chi connectivity index (χ2n) is 7.83. The van der Waals surface area contributed by atoms with E-state index in [2.05, 4.69) is 0 Å². The molecule has 1 fully saturated rings. The predicted molar refractivity (Wildman–Crippen MR) is 119 cm³/mol. The highest BCUT2D eigenvalue weighted by Crippen LogP contribution is 2.41. The Labute approximate surface area is 197 Å². The third-order valence-corrected chi connectivity index (χ3v) is 5.74. The summed E-state index contributed by atoms with van der Waals surface area (Å²) in [5.74, 6) is -0.681. The third kappa shape index (κ3) is 4.33. The Balaban J connectivity index is 1.84. The molecule has 0 aliphatic carbocycles. The molecule has 0 bridgehead atoms. The van der Waals surface area contributed by atoms with Gasteiger partial charge in [0.25, 0.3) is 0 Å². The number of benzene rings is 2. The summed E-state index contributed by atoms with van der Waals surface area (Å²) in [6.45, 7) is -0.667. The maximum atomic E-state index is 13.3. The molecule has 1 aromatic heterocycles. The summed E-state index contributed by atoms with van der Waals surface area (Å²) in [7, 11) is 2.61. The van der Waals surface area contributed by atoms with Crippen LogP contribution in [0, 0.1) is 0 Å². The van der Waals surface area contributed by atoms with Crippen LogP contribution in [0.5, 0.6) is 28.7 Å². The summed E-state index contributed by atoms with van der Waals surface area (Å²) in [5.41, 5.74) is -0.537. The van der Waals surface area contributed by atoms with Gasteiger partial charge in [0, 0.05) is 17.7 Å². The van der Waals surface area contributed by atoms with Crippen LogP contribution in [0.25, 0.3) is 22.1 Å². The average molecular weight is 492 g/mol. The highest BCUT2D eigenvalue weighted by Gasteiger charge is 2.45. The van der Waals surface area contributed by atoms with Crippen LogP contribution in [0.4, 0.5) is 0 Å². The summed E-state index contributed by atoms with van der Waals surface area (Å²) >= 11 is 0. The van der Waals surface area contributed by atoms with Crippen molar-refractivity contribution in [2.45, 2.75) is 30.7 Å². The van der Waals surface area contributed by atoms with E-state index in [0.717, 1.165) is 6.26 Å². The first kappa shape index (κ1) is 24.6. The summed E-state index contributed by atoms with van der Waals surface area (Å²) in [6, 6.07) is 4.92. The maximum Gasteiger partial charge on any atom is 0.229 e. The standard InChI is InChI=1S/C23H24O12/c1-31-16-4-10-14(5-13(16)26)33-8-11(19(10)27)9-3-12(25)17(32-2)6-15(9)34-23-22(30)21(29)20(28)18(7-24)35-23/h3-6,8,18,20-26,28-30H,7H2,1-2H3. The lowest BCUT2D eigenvalue weighted by Crippen LogP contribution is -2.60. The van der Waals surface area contributed by atoms with Crippen LogP contribution in [-0.2, 0) is 4.74 Å². The molecule has 1 aliphatic rings. The SMILES string of the molecule is COc1cc(OC2OC(CO)C(O)C(O)C2O)c(-c2coc3cc(O)c(OC)cc3c2=O)cc1O. The van der Waals surface area contributed by atoms with Crippen LogP contribution in [0.15, 0.2) is 39.7 Å². The lowest BCUT2D eigenvalue weighted by Gasteiger charge is -2.39. The summed E-state index contributed by atoms with van der Waals surface area (Å²) in [5, 5.41) is 60.3. The lowest BCUT2D eigenvalue weighted by molar-refractivity contribution is -0.277. The molecule has 2 aromatic carbocycles. The van der Waals surface area contributed by atoms with Crippen molar-refractivity contribution >= 4 is 11.0 Å². The van der Waals surface area contributed by atoms with E-state index in [1.165, 1.54) is 38.5 Å². The third-order valence-electron chi connectivity index (χ3n) is 5.74. The number of methoxy groups -OCH3 is 2. The van der Waals surface area contributed by atoms with E-state index in [4.69, 9.17) is 23.4 Å². The first-order chi connectivity index (χ1) is 16.7. The first-order valence-corrected chi connectivity index (χ1v) is 10.4. The van der Waals surface area contributed by atoms with Gasteiger partial charge in [0.15, 0.2) is 23.0 Å². The van der Waals surface area contributed by atoms with Gasteiger partial charge in [-0.05, 0) is 12.1 Å². The average Bonchev–Trinajstić information content (AvgIpc) is 2.85. The maximum absolute atomic E-state index is 13.3. The van der Waals surface area contributed by atoms with Gasteiger partial charge in [-0.25, -0.2) is 0 Å². The van der Waals surface area contributed by atoms with E-state index < -0.39 is 42.7 Å². The number of aliphatic hydroxyl groups is 4. The van der Waals surface area contributed by atoms with Gasteiger partial charge in [-0.15, -0.1) is 0 Å². The number of phenolic OH excluding ortho intramolecular Hbond substituents is 2. The molecule has 6 N–H and O–H groups in total. The van der Waals surface area contributed by atoms with Crippen molar-refractivity contribution in [3.05, 3.63) is 40.8 Å². The summed E-state index contributed by atoms with van der Waals surface area (Å²) < 4.78 is 26.8. The Morgan fingerprint density at radius 3 is 2.17 bits per heavy atom. The van der Waals surface area contributed by atoms with E-state index in [-0.39, 0.29) is 50.8 Å². The van der Waals surface area contributed by atoms with Gasteiger partial charge in [0.1, 0.15) is 42.0 Å². The smallest absolute Gasteiger partial charge is 0.229 e. The summed E-state index contributed by atoms with van der Waals surface area (Å²) in [6.07, 6.45) is -6.71. The number of aromatic hydroxyl groups is 2. The van der Waals surface area contributed by atoms with Crippen molar-refractivity contribution in [2.75, 3.05) is 20.8 Å². The van der Waals surface area contributed by atoms with E-state index in [0.29, 0.717) is 0 Å². The number of aliphatic hydroxyl groups excluding tert-OH is 4. The minimum atomic E-state index is -1.72. The van der Waals surface area contributed by atoms with Crippen LogP contribution < -0.4 is 19.6 Å². The van der Waals surface area contributed by atoms with Crippen LogP contribution in [0.3, 0.4) is 0 Å². The highest BCUT2D eigenvalue weighted by atomic mass is 16.7. The largest absolute Gasteiger partial charge is 0.504 e. The Kier molecular flexibility index (Phi) is 6.74. The number of fused-ring (bicyclic) bond motifs is 1. The lowest BCUT2D eigenvalue weighted by atomic mass is 9.99. The van der Waals surface area contributed by atoms with E-state index >= 15 is 0 Å². The van der Waals surface area contributed by atoms with Crippen molar-refractivity contribution in [3.8, 4) is 39.9 Å². The molecule has 0 saturated carbocycles. The molecular weight excluding hydrogens is 468 g/mol. The van der Waals surface area contributed by atoms with Gasteiger partial charge in [-0.2, -0.15) is 0 Å². The molecule has 5 unspecified atom stereocenters. The van der Waals surface area contributed by atoms with Gasteiger partial charge in [0.2, 0.25) is 11.7 Å². The van der Waals surface area contributed by atoms with E-state index in [1.54, 1.807) is 0 Å². The normalized spacial score (nSPS) is 24.3. The number of rotatable bonds is 6. The van der Waals surface area contributed by atoms with Crippen LogP contribution in [0.1, 0.15) is 0 Å². The van der Waals surface area contributed by atoms with Crippen LogP contribution >= 0.6 is 0 Å². The van der Waals surface area contributed by atoms with Gasteiger partial charge in [-0.1, -0.05) is 0 Å². The van der Waals surface area contributed by atoms with Crippen molar-refractivity contribution < 1.29 is 54.0 Å². The molecule has 2 heterocycles. The minimum Gasteiger partial charge on any atom is -0.504 e. The molecule has 4 rings (SSSR count). The van der Waals surface area contributed by atoms with Crippen molar-refractivity contribution in [1.82, 2.24) is 0 Å². The van der Waals surface area contributed by atoms with Gasteiger partial charge >= 0.3 is 0 Å². The van der Waals surface area contributed by atoms with Gasteiger partial charge in [0.05, 0.1) is 31.8 Å². The van der Waals surface area contributed by atoms with Gasteiger partial charge < -0.3 is 54.0 Å². The predicted octanol–water partition coefficient (Wildman–Crippen LogP) is 0.0671. The van der Waals surface area contributed by atoms with Crippen molar-refractivity contribution in [2.24, 2.45) is 0 Å². The zero-order valence-electron chi connectivity index (χ0n) is 18.6. The number of ether oxygens (including phenoxy) is 4. The van der Waals surface area contributed by atoms with E-state index in [9.17, 15) is 35.4 Å². The molecule has 12 nitrogen and oxygen atoms in total. The fourth-order valence-corrected chi connectivity index (χ4v) is 3.81. The van der Waals surface area contributed by atoms with Crippen molar-refractivity contribution in [1.29, 1.82) is 0 Å². The van der Waals surface area contributed by atoms with E-state index in [1.807, 2.05) is 0 Å². The fraction of sp³-hybridized carbons (Fsp3) is 0.348. The molecule has 3 aromatic rings. The molecule has 1 saturated heterocycles. The molecular formula is C23H24O12. The molecule has 35 heavy (non-hydrogen) atoms. The minimum absolute atomic E-state index is 0.0166.